The lowest BCUT2D eigenvalue weighted by atomic mass is 10.0. The molecule has 0 saturated carbocycles. The molecule has 0 spiro atoms. The van der Waals surface area contributed by atoms with E-state index in [1.54, 1.807) is 11.0 Å². The van der Waals surface area contributed by atoms with E-state index in [0.717, 1.165) is 12.1 Å². The van der Waals surface area contributed by atoms with Gasteiger partial charge in [-0.3, -0.25) is 0 Å². The summed E-state index contributed by atoms with van der Waals surface area (Å²) in [4.78, 5) is 3.94. The van der Waals surface area contributed by atoms with Crippen LogP contribution in [0.15, 0.2) is 30.9 Å². The second-order valence-electron chi connectivity index (χ2n) is 4.14. The number of aryl methyl sites for hydroxylation is 1. The fraction of sp³-hybridized carbons (Fsp3) is 0.333. The molecule has 0 aliphatic carbocycles. The van der Waals surface area contributed by atoms with Crippen molar-refractivity contribution in [1.82, 2.24) is 14.8 Å². The Bertz CT molecular complexity index is 460. The van der Waals surface area contributed by atoms with Crippen molar-refractivity contribution in [2.45, 2.75) is 26.3 Å². The van der Waals surface area contributed by atoms with Crippen LogP contribution in [0.1, 0.15) is 18.1 Å². The average Bonchev–Trinajstić information content (AvgIpc) is 2.69. The summed E-state index contributed by atoms with van der Waals surface area (Å²) in [6, 6.07) is 6.49. The Morgan fingerprint density at radius 3 is 2.81 bits per heavy atom. The first-order chi connectivity index (χ1) is 7.66. The van der Waals surface area contributed by atoms with E-state index in [1.807, 2.05) is 6.92 Å². The lowest BCUT2D eigenvalue weighted by molar-refractivity contribution is 0.737. The zero-order valence-electron chi connectivity index (χ0n) is 9.59. The third-order valence-electron chi connectivity index (χ3n) is 2.48. The summed E-state index contributed by atoms with van der Waals surface area (Å²) in [6.07, 6.45) is 4.14. The number of hydrogen-bond acceptors (Lipinski definition) is 3. The van der Waals surface area contributed by atoms with Gasteiger partial charge in [-0.25, -0.2) is 9.67 Å². The Hall–Kier alpha value is -1.68. The molecule has 2 aromatic rings. The molecule has 1 aromatic carbocycles. The molecular formula is C12H16N4. The molecule has 1 atom stereocenters. The smallest absolute Gasteiger partial charge is 0.138 e. The van der Waals surface area contributed by atoms with Crippen LogP contribution >= 0.6 is 0 Å². The van der Waals surface area contributed by atoms with Crippen LogP contribution in [-0.4, -0.2) is 20.8 Å². The Labute approximate surface area is 95.1 Å². The van der Waals surface area contributed by atoms with E-state index in [9.17, 15) is 0 Å². The van der Waals surface area contributed by atoms with Crippen molar-refractivity contribution in [3.63, 3.8) is 0 Å². The molecule has 4 nitrogen and oxygen atoms in total. The van der Waals surface area contributed by atoms with E-state index >= 15 is 0 Å². The molecule has 1 heterocycles. The number of benzene rings is 1. The second-order valence-corrected chi connectivity index (χ2v) is 4.14. The van der Waals surface area contributed by atoms with Gasteiger partial charge in [-0.15, -0.1) is 0 Å². The van der Waals surface area contributed by atoms with E-state index in [1.165, 1.54) is 17.5 Å². The van der Waals surface area contributed by atoms with Crippen LogP contribution < -0.4 is 5.73 Å². The summed E-state index contributed by atoms with van der Waals surface area (Å²) in [5, 5.41) is 4.12. The molecule has 2 N–H and O–H groups in total. The molecule has 0 fully saturated rings. The fourth-order valence-corrected chi connectivity index (χ4v) is 1.81. The van der Waals surface area contributed by atoms with Gasteiger partial charge in [0.15, 0.2) is 0 Å². The van der Waals surface area contributed by atoms with Crippen molar-refractivity contribution in [2.75, 3.05) is 0 Å². The molecule has 1 aromatic heterocycles. The standard InChI is InChI=1S/C12H16N4/c1-9-5-11(6-10(2)13)3-4-12(9)16-8-14-7-15-16/h3-5,7-8,10H,6,13H2,1-2H3. The van der Waals surface area contributed by atoms with Gasteiger partial charge in [0.25, 0.3) is 0 Å². The first kappa shape index (κ1) is 10.8. The van der Waals surface area contributed by atoms with Crippen LogP contribution in [0.5, 0.6) is 0 Å². The lowest BCUT2D eigenvalue weighted by Gasteiger charge is -2.09. The predicted molar refractivity (Wildman–Crippen MR) is 63.4 cm³/mol. The van der Waals surface area contributed by atoms with Crippen molar-refractivity contribution < 1.29 is 0 Å². The first-order valence-corrected chi connectivity index (χ1v) is 5.37. The maximum absolute atomic E-state index is 5.78. The van der Waals surface area contributed by atoms with Crippen LogP contribution in [0.25, 0.3) is 5.69 Å². The number of rotatable bonds is 3. The molecule has 2 rings (SSSR count). The van der Waals surface area contributed by atoms with E-state index < -0.39 is 0 Å². The van der Waals surface area contributed by atoms with Gasteiger partial charge in [-0.1, -0.05) is 12.1 Å². The summed E-state index contributed by atoms with van der Waals surface area (Å²) in [5.74, 6) is 0. The van der Waals surface area contributed by atoms with Gasteiger partial charge in [-0.2, -0.15) is 5.10 Å². The van der Waals surface area contributed by atoms with Crippen molar-refractivity contribution in [3.05, 3.63) is 42.0 Å². The Morgan fingerprint density at radius 2 is 2.25 bits per heavy atom. The lowest BCUT2D eigenvalue weighted by Crippen LogP contribution is -2.17. The summed E-state index contributed by atoms with van der Waals surface area (Å²) in [7, 11) is 0. The van der Waals surface area contributed by atoms with Crippen LogP contribution in [0.4, 0.5) is 0 Å². The largest absolute Gasteiger partial charge is 0.328 e. The minimum Gasteiger partial charge on any atom is -0.328 e. The third-order valence-corrected chi connectivity index (χ3v) is 2.48. The highest BCUT2D eigenvalue weighted by Crippen LogP contribution is 2.15. The molecule has 0 aliphatic rings. The van der Waals surface area contributed by atoms with Gasteiger partial charge < -0.3 is 5.73 Å². The normalized spacial score (nSPS) is 12.7. The molecule has 0 amide bonds. The SMILES string of the molecule is Cc1cc(CC(C)N)ccc1-n1cncn1. The van der Waals surface area contributed by atoms with Gasteiger partial charge >= 0.3 is 0 Å². The Morgan fingerprint density at radius 1 is 1.44 bits per heavy atom. The van der Waals surface area contributed by atoms with Crippen molar-refractivity contribution in [3.8, 4) is 5.69 Å². The Balaban J connectivity index is 2.30. The third kappa shape index (κ3) is 2.28. The second kappa shape index (κ2) is 4.45. The van der Waals surface area contributed by atoms with Gasteiger partial charge in [0.2, 0.25) is 0 Å². The van der Waals surface area contributed by atoms with Crippen LogP contribution in [-0.2, 0) is 6.42 Å². The number of aromatic nitrogens is 3. The highest BCUT2D eigenvalue weighted by atomic mass is 15.3. The van der Waals surface area contributed by atoms with Crippen LogP contribution in [0.3, 0.4) is 0 Å². The van der Waals surface area contributed by atoms with Crippen molar-refractivity contribution in [1.29, 1.82) is 0 Å². The maximum atomic E-state index is 5.78. The van der Waals surface area contributed by atoms with E-state index in [4.69, 9.17) is 5.73 Å². The average molecular weight is 216 g/mol. The molecule has 0 radical (unpaired) electrons. The molecule has 84 valence electrons. The molecule has 0 aliphatic heterocycles. The minimum absolute atomic E-state index is 0.191. The fourth-order valence-electron chi connectivity index (χ4n) is 1.81. The highest BCUT2D eigenvalue weighted by molar-refractivity contribution is 5.41. The molecule has 16 heavy (non-hydrogen) atoms. The van der Waals surface area contributed by atoms with Gasteiger partial charge in [0.1, 0.15) is 12.7 Å². The topological polar surface area (TPSA) is 56.7 Å². The first-order valence-electron chi connectivity index (χ1n) is 5.37. The molecule has 0 saturated heterocycles. The highest BCUT2D eigenvalue weighted by Gasteiger charge is 2.04. The Kier molecular flexibility index (Phi) is 3.01. The molecule has 4 heteroatoms. The van der Waals surface area contributed by atoms with E-state index in [2.05, 4.69) is 35.2 Å². The number of nitrogens with two attached hydrogens (primary N) is 1. The summed E-state index contributed by atoms with van der Waals surface area (Å²) >= 11 is 0. The molecule has 1 unspecified atom stereocenters. The quantitative estimate of drug-likeness (QED) is 0.845. The van der Waals surface area contributed by atoms with Crippen LogP contribution in [0.2, 0.25) is 0 Å². The predicted octanol–water partition coefficient (Wildman–Crippen LogP) is 1.47. The van der Waals surface area contributed by atoms with Gasteiger partial charge in [0.05, 0.1) is 5.69 Å². The monoisotopic (exact) mass is 216 g/mol. The van der Waals surface area contributed by atoms with E-state index in [-0.39, 0.29) is 6.04 Å². The zero-order chi connectivity index (χ0) is 11.5. The van der Waals surface area contributed by atoms with Gasteiger partial charge in [0, 0.05) is 6.04 Å². The van der Waals surface area contributed by atoms with Crippen molar-refractivity contribution in [2.24, 2.45) is 5.73 Å². The van der Waals surface area contributed by atoms with Crippen molar-refractivity contribution >= 4 is 0 Å². The minimum atomic E-state index is 0.191. The summed E-state index contributed by atoms with van der Waals surface area (Å²) < 4.78 is 1.77. The number of hydrogen-bond donors (Lipinski definition) is 1. The number of nitrogens with zero attached hydrogens (tertiary/aromatic N) is 3. The summed E-state index contributed by atoms with van der Waals surface area (Å²) in [5.41, 5.74) is 9.29. The zero-order valence-corrected chi connectivity index (χ0v) is 9.59. The summed E-state index contributed by atoms with van der Waals surface area (Å²) in [6.45, 7) is 4.09. The maximum Gasteiger partial charge on any atom is 0.138 e. The van der Waals surface area contributed by atoms with Crippen LogP contribution in [0, 0.1) is 6.92 Å². The molecule has 0 bridgehead atoms. The molecular weight excluding hydrogens is 200 g/mol. The van der Waals surface area contributed by atoms with E-state index in [0.29, 0.717) is 0 Å². The van der Waals surface area contributed by atoms with Gasteiger partial charge in [-0.05, 0) is 37.5 Å².